The monoisotopic (exact) mass is 344 g/mol. The lowest BCUT2D eigenvalue weighted by molar-refractivity contribution is -0.114. The number of benzene rings is 2. The van der Waals surface area contributed by atoms with E-state index in [1.54, 1.807) is 32.4 Å². The molecule has 6 heteroatoms. The number of rotatable bonds is 8. The molecule has 2 aromatic rings. The van der Waals surface area contributed by atoms with Crippen molar-refractivity contribution < 1.29 is 19.0 Å². The average Bonchev–Trinajstić information content (AvgIpc) is 2.60. The summed E-state index contributed by atoms with van der Waals surface area (Å²) in [6, 6.07) is 12.7. The standard InChI is InChI=1S/C19H24N2O4/c1-13(2)25-16-8-6-5-7-15(16)20-12-19(22)21-14-9-10-17(23-3)18(11-14)24-4/h5-11,13,20H,12H2,1-4H3,(H,21,22). The first kappa shape index (κ1) is 18.4. The Bertz CT molecular complexity index is 716. The molecule has 0 aromatic heterocycles. The van der Waals surface area contributed by atoms with Gasteiger partial charge < -0.3 is 24.8 Å². The van der Waals surface area contributed by atoms with Gasteiger partial charge >= 0.3 is 0 Å². The largest absolute Gasteiger partial charge is 0.493 e. The molecular weight excluding hydrogens is 320 g/mol. The summed E-state index contributed by atoms with van der Waals surface area (Å²) in [4.78, 5) is 12.2. The van der Waals surface area contributed by atoms with Gasteiger partial charge in [-0.1, -0.05) is 12.1 Å². The molecule has 0 atom stereocenters. The highest BCUT2D eigenvalue weighted by Gasteiger charge is 2.09. The number of carbonyl (C=O) groups excluding carboxylic acids is 1. The molecule has 2 aromatic carbocycles. The summed E-state index contributed by atoms with van der Waals surface area (Å²) in [5, 5.41) is 5.92. The highest BCUT2D eigenvalue weighted by atomic mass is 16.5. The van der Waals surface area contributed by atoms with Crippen LogP contribution in [0.25, 0.3) is 0 Å². The maximum Gasteiger partial charge on any atom is 0.243 e. The number of nitrogens with one attached hydrogen (secondary N) is 2. The van der Waals surface area contributed by atoms with Gasteiger partial charge in [0.25, 0.3) is 0 Å². The third kappa shape index (κ3) is 5.31. The summed E-state index contributed by atoms with van der Waals surface area (Å²) < 4.78 is 16.1. The Balaban J connectivity index is 1.97. The van der Waals surface area contributed by atoms with Crippen molar-refractivity contribution in [3.05, 3.63) is 42.5 Å². The topological polar surface area (TPSA) is 68.8 Å². The summed E-state index contributed by atoms with van der Waals surface area (Å²) in [5.41, 5.74) is 1.41. The molecule has 2 rings (SSSR count). The predicted molar refractivity (Wildman–Crippen MR) is 98.9 cm³/mol. The maximum atomic E-state index is 12.2. The van der Waals surface area contributed by atoms with Crippen molar-refractivity contribution in [2.75, 3.05) is 31.4 Å². The van der Waals surface area contributed by atoms with Crippen molar-refractivity contribution >= 4 is 17.3 Å². The lowest BCUT2D eigenvalue weighted by Gasteiger charge is -2.15. The van der Waals surface area contributed by atoms with Crippen molar-refractivity contribution in [3.63, 3.8) is 0 Å². The average molecular weight is 344 g/mol. The van der Waals surface area contributed by atoms with Crippen LogP contribution in [0, 0.1) is 0 Å². The SMILES string of the molecule is COc1ccc(NC(=O)CNc2ccccc2OC(C)C)cc1OC. The number of amides is 1. The Morgan fingerprint density at radius 3 is 2.40 bits per heavy atom. The number of hydrogen-bond acceptors (Lipinski definition) is 5. The fourth-order valence-electron chi connectivity index (χ4n) is 2.26. The van der Waals surface area contributed by atoms with E-state index in [4.69, 9.17) is 14.2 Å². The molecule has 134 valence electrons. The molecule has 0 bridgehead atoms. The summed E-state index contributed by atoms with van der Waals surface area (Å²) in [5.74, 6) is 1.71. The van der Waals surface area contributed by atoms with E-state index in [-0.39, 0.29) is 18.6 Å². The highest BCUT2D eigenvalue weighted by Crippen LogP contribution is 2.29. The fourth-order valence-corrected chi connectivity index (χ4v) is 2.26. The summed E-state index contributed by atoms with van der Waals surface area (Å²) in [6.07, 6.45) is 0.0588. The van der Waals surface area contributed by atoms with Crippen LogP contribution in [0.1, 0.15) is 13.8 Å². The highest BCUT2D eigenvalue weighted by molar-refractivity contribution is 5.94. The smallest absolute Gasteiger partial charge is 0.243 e. The molecule has 0 saturated heterocycles. The molecule has 1 amide bonds. The number of ether oxygens (including phenoxy) is 3. The zero-order chi connectivity index (χ0) is 18.2. The van der Waals surface area contributed by atoms with Crippen LogP contribution in [0.4, 0.5) is 11.4 Å². The molecule has 25 heavy (non-hydrogen) atoms. The van der Waals surface area contributed by atoms with Crippen molar-refractivity contribution in [3.8, 4) is 17.2 Å². The Morgan fingerprint density at radius 2 is 1.72 bits per heavy atom. The number of para-hydroxylation sites is 2. The van der Waals surface area contributed by atoms with Gasteiger partial charge in [0, 0.05) is 11.8 Å². The molecule has 2 N–H and O–H groups in total. The number of carbonyl (C=O) groups is 1. The summed E-state index contributed by atoms with van der Waals surface area (Å²) in [7, 11) is 3.12. The van der Waals surface area contributed by atoms with Gasteiger partial charge in [0.2, 0.25) is 5.91 Å². The maximum absolute atomic E-state index is 12.2. The molecule has 6 nitrogen and oxygen atoms in total. The third-order valence-electron chi connectivity index (χ3n) is 3.36. The quantitative estimate of drug-likeness (QED) is 0.766. The van der Waals surface area contributed by atoms with Gasteiger partial charge in [-0.05, 0) is 38.1 Å². The van der Waals surface area contributed by atoms with E-state index in [0.29, 0.717) is 17.2 Å². The fraction of sp³-hybridized carbons (Fsp3) is 0.316. The van der Waals surface area contributed by atoms with Gasteiger partial charge in [0.15, 0.2) is 11.5 Å². The summed E-state index contributed by atoms with van der Waals surface area (Å²) in [6.45, 7) is 4.04. The second kappa shape index (κ2) is 8.82. The number of anilines is 2. The lowest BCUT2D eigenvalue weighted by atomic mass is 10.2. The van der Waals surface area contributed by atoms with Crippen LogP contribution in [0.2, 0.25) is 0 Å². The zero-order valence-electron chi connectivity index (χ0n) is 15.0. The minimum atomic E-state index is -0.174. The molecular formula is C19H24N2O4. The van der Waals surface area contributed by atoms with E-state index < -0.39 is 0 Å². The number of methoxy groups -OCH3 is 2. The molecule has 0 spiro atoms. The second-order valence-electron chi connectivity index (χ2n) is 5.63. The van der Waals surface area contributed by atoms with Crippen LogP contribution in [0.15, 0.2) is 42.5 Å². The lowest BCUT2D eigenvalue weighted by Crippen LogP contribution is -2.22. The van der Waals surface area contributed by atoms with E-state index in [2.05, 4.69) is 10.6 Å². The van der Waals surface area contributed by atoms with E-state index in [0.717, 1.165) is 11.4 Å². The minimum Gasteiger partial charge on any atom is -0.493 e. The van der Waals surface area contributed by atoms with E-state index >= 15 is 0 Å². The molecule has 0 fully saturated rings. The van der Waals surface area contributed by atoms with Crippen molar-refractivity contribution in [2.45, 2.75) is 20.0 Å². The van der Waals surface area contributed by atoms with Gasteiger partial charge in [0.05, 0.1) is 32.6 Å². The summed E-state index contributed by atoms with van der Waals surface area (Å²) >= 11 is 0. The molecule has 0 heterocycles. The molecule has 0 saturated carbocycles. The van der Waals surface area contributed by atoms with Crippen LogP contribution in [0.3, 0.4) is 0 Å². The van der Waals surface area contributed by atoms with Crippen LogP contribution in [-0.4, -0.2) is 32.8 Å². The number of hydrogen-bond donors (Lipinski definition) is 2. The third-order valence-corrected chi connectivity index (χ3v) is 3.36. The first-order chi connectivity index (χ1) is 12.0. The van der Waals surface area contributed by atoms with Crippen LogP contribution >= 0.6 is 0 Å². The molecule has 0 radical (unpaired) electrons. The van der Waals surface area contributed by atoms with Gasteiger partial charge in [-0.2, -0.15) is 0 Å². The Morgan fingerprint density at radius 1 is 1.00 bits per heavy atom. The normalized spacial score (nSPS) is 10.3. The van der Waals surface area contributed by atoms with Crippen molar-refractivity contribution in [2.24, 2.45) is 0 Å². The van der Waals surface area contributed by atoms with E-state index in [1.807, 2.05) is 38.1 Å². The van der Waals surface area contributed by atoms with Crippen LogP contribution in [0.5, 0.6) is 17.2 Å². The minimum absolute atomic E-state index is 0.0588. The van der Waals surface area contributed by atoms with Gasteiger partial charge in [-0.15, -0.1) is 0 Å². The second-order valence-corrected chi connectivity index (χ2v) is 5.63. The molecule has 0 aliphatic rings. The van der Waals surface area contributed by atoms with Gasteiger partial charge in [-0.25, -0.2) is 0 Å². The van der Waals surface area contributed by atoms with Gasteiger partial charge in [-0.3, -0.25) is 4.79 Å². The molecule has 0 aliphatic heterocycles. The Labute approximate surface area is 148 Å². The van der Waals surface area contributed by atoms with E-state index in [9.17, 15) is 4.79 Å². The molecule has 0 unspecified atom stereocenters. The van der Waals surface area contributed by atoms with Gasteiger partial charge in [0.1, 0.15) is 5.75 Å². The Hall–Kier alpha value is -2.89. The predicted octanol–water partition coefficient (Wildman–Crippen LogP) is 3.54. The van der Waals surface area contributed by atoms with Crippen molar-refractivity contribution in [1.82, 2.24) is 0 Å². The first-order valence-corrected chi connectivity index (χ1v) is 8.05. The zero-order valence-corrected chi connectivity index (χ0v) is 15.0. The Kier molecular flexibility index (Phi) is 6.51. The molecule has 0 aliphatic carbocycles. The van der Waals surface area contributed by atoms with Crippen LogP contribution in [-0.2, 0) is 4.79 Å². The van der Waals surface area contributed by atoms with Crippen molar-refractivity contribution in [1.29, 1.82) is 0 Å². The van der Waals surface area contributed by atoms with Crippen LogP contribution < -0.4 is 24.8 Å². The van der Waals surface area contributed by atoms with E-state index in [1.165, 1.54) is 0 Å². The first-order valence-electron chi connectivity index (χ1n) is 8.05.